The molecule has 20 heavy (non-hydrogen) atoms. The van der Waals surface area contributed by atoms with Crippen molar-refractivity contribution >= 4 is 11.6 Å². The van der Waals surface area contributed by atoms with E-state index in [2.05, 4.69) is 10.2 Å². The van der Waals surface area contributed by atoms with E-state index in [1.165, 1.54) is 24.0 Å². The molecule has 10 heteroatoms. The van der Waals surface area contributed by atoms with Gasteiger partial charge in [-0.25, -0.2) is 17.6 Å². The molecule has 0 saturated heterocycles. The first kappa shape index (κ1) is 14.4. The number of aromatic nitrogens is 2. The number of hydrogen-bond acceptors (Lipinski definition) is 4. The molecular formula is C10H10F4N4O2. The third-order valence-corrected chi connectivity index (χ3v) is 2.76. The molecule has 0 aromatic carbocycles. The van der Waals surface area contributed by atoms with Crippen LogP contribution < -0.4 is 0 Å². The molecule has 0 radical (unpaired) electrons. The summed E-state index contributed by atoms with van der Waals surface area (Å²) in [6, 6.07) is 1.20. The molecule has 110 valence electrons. The number of halogens is 4. The highest BCUT2D eigenvalue weighted by atomic mass is 19.3. The van der Waals surface area contributed by atoms with Crippen LogP contribution >= 0.6 is 0 Å². The van der Waals surface area contributed by atoms with Crippen LogP contribution in [0.3, 0.4) is 0 Å². The van der Waals surface area contributed by atoms with Crippen LogP contribution in [0.2, 0.25) is 0 Å². The van der Waals surface area contributed by atoms with E-state index in [0.717, 1.165) is 0 Å². The van der Waals surface area contributed by atoms with Crippen LogP contribution in [-0.2, 0) is 7.05 Å². The fourth-order valence-electron chi connectivity index (χ4n) is 1.74. The van der Waals surface area contributed by atoms with Gasteiger partial charge in [0.05, 0.1) is 0 Å². The molecular weight excluding hydrogens is 284 g/mol. The predicted octanol–water partition coefficient (Wildman–Crippen LogP) is 0.841. The maximum absolute atomic E-state index is 12.9. The predicted molar refractivity (Wildman–Crippen MR) is 58.4 cm³/mol. The lowest BCUT2D eigenvalue weighted by atomic mass is 10.1. The van der Waals surface area contributed by atoms with Crippen molar-refractivity contribution in [2.24, 2.45) is 12.1 Å². The van der Waals surface area contributed by atoms with Gasteiger partial charge in [-0.15, -0.1) is 0 Å². The van der Waals surface area contributed by atoms with E-state index >= 15 is 0 Å². The summed E-state index contributed by atoms with van der Waals surface area (Å²) in [5.74, 6) is -1.18. The summed E-state index contributed by atoms with van der Waals surface area (Å²) in [6.45, 7) is 0. The zero-order valence-electron chi connectivity index (χ0n) is 10.2. The van der Waals surface area contributed by atoms with Crippen molar-refractivity contribution in [3.8, 4) is 0 Å². The number of nitrogens with zero attached hydrogens (tertiary/aromatic N) is 4. The molecule has 0 bridgehead atoms. The SMILES string of the molecule is Cn1ccc(C(=O)N2N=C(C(F)F)C[C@]2(O)C(F)F)n1. The van der Waals surface area contributed by atoms with Gasteiger partial charge in [0.15, 0.2) is 5.69 Å². The van der Waals surface area contributed by atoms with E-state index in [1.54, 1.807) is 0 Å². The van der Waals surface area contributed by atoms with Gasteiger partial charge in [-0.05, 0) is 6.07 Å². The van der Waals surface area contributed by atoms with Gasteiger partial charge in [-0.3, -0.25) is 9.48 Å². The number of amides is 1. The Kier molecular flexibility index (Phi) is 3.50. The minimum Gasteiger partial charge on any atom is -0.364 e. The van der Waals surface area contributed by atoms with Gasteiger partial charge in [-0.2, -0.15) is 15.2 Å². The van der Waals surface area contributed by atoms with Gasteiger partial charge in [0.25, 0.3) is 18.8 Å². The summed E-state index contributed by atoms with van der Waals surface area (Å²) < 4.78 is 52.1. The first-order valence-electron chi connectivity index (χ1n) is 5.46. The van der Waals surface area contributed by atoms with Crippen LogP contribution in [0.25, 0.3) is 0 Å². The molecule has 1 aliphatic heterocycles. The highest BCUT2D eigenvalue weighted by molar-refractivity contribution is 5.97. The fraction of sp³-hybridized carbons (Fsp3) is 0.500. The normalized spacial score (nSPS) is 22.8. The highest BCUT2D eigenvalue weighted by Gasteiger charge is 2.53. The highest BCUT2D eigenvalue weighted by Crippen LogP contribution is 2.33. The number of alkyl halides is 4. The molecule has 1 aromatic heterocycles. The smallest absolute Gasteiger partial charge is 0.297 e. The Bertz CT molecular complexity index is 559. The van der Waals surface area contributed by atoms with Crippen molar-refractivity contribution in [3.05, 3.63) is 18.0 Å². The third kappa shape index (κ3) is 2.26. The molecule has 1 aromatic rings. The molecule has 0 saturated carbocycles. The standard InChI is InChI=1S/C10H10F4N4O2/c1-17-3-2-5(15-17)8(19)18-10(20,9(13)14)4-6(16-18)7(11)12/h2-3,7,9,20H,4H2,1H3/t10-/m0/s1. The Hall–Kier alpha value is -1.97. The Morgan fingerprint density at radius 2 is 2.10 bits per heavy atom. The zero-order chi connectivity index (χ0) is 15.1. The first-order chi connectivity index (χ1) is 9.25. The van der Waals surface area contributed by atoms with Gasteiger partial charge in [0.1, 0.15) is 5.71 Å². The number of aliphatic hydroxyl groups is 1. The van der Waals surface area contributed by atoms with E-state index in [0.29, 0.717) is 0 Å². The van der Waals surface area contributed by atoms with Gasteiger partial charge in [0.2, 0.25) is 5.72 Å². The quantitative estimate of drug-likeness (QED) is 0.840. The van der Waals surface area contributed by atoms with Crippen molar-refractivity contribution in [2.75, 3.05) is 0 Å². The topological polar surface area (TPSA) is 70.7 Å². The first-order valence-corrected chi connectivity index (χ1v) is 5.46. The molecule has 1 atom stereocenters. The van der Waals surface area contributed by atoms with Gasteiger partial charge in [0, 0.05) is 19.7 Å². The van der Waals surface area contributed by atoms with Crippen molar-refractivity contribution in [1.29, 1.82) is 0 Å². The van der Waals surface area contributed by atoms with Crippen LogP contribution in [0.4, 0.5) is 17.6 Å². The van der Waals surface area contributed by atoms with Crippen LogP contribution in [0, 0.1) is 0 Å². The lowest BCUT2D eigenvalue weighted by Crippen LogP contribution is -2.51. The Morgan fingerprint density at radius 3 is 2.55 bits per heavy atom. The molecule has 1 N–H and O–H groups in total. The Labute approximate surface area is 110 Å². The molecule has 2 heterocycles. The van der Waals surface area contributed by atoms with E-state index in [-0.39, 0.29) is 10.7 Å². The van der Waals surface area contributed by atoms with E-state index < -0.39 is 36.6 Å². The maximum Gasteiger partial charge on any atom is 0.297 e. The second-order valence-electron chi connectivity index (χ2n) is 4.24. The molecule has 6 nitrogen and oxygen atoms in total. The monoisotopic (exact) mass is 294 g/mol. The summed E-state index contributed by atoms with van der Waals surface area (Å²) in [4.78, 5) is 12.0. The van der Waals surface area contributed by atoms with Crippen molar-refractivity contribution in [2.45, 2.75) is 25.0 Å². The van der Waals surface area contributed by atoms with Crippen molar-refractivity contribution < 1.29 is 27.5 Å². The summed E-state index contributed by atoms with van der Waals surface area (Å²) in [5, 5.41) is 16.5. The summed E-state index contributed by atoms with van der Waals surface area (Å²) in [6.07, 6.45) is -6.33. The van der Waals surface area contributed by atoms with Crippen molar-refractivity contribution in [3.63, 3.8) is 0 Å². The number of carbonyl (C=O) groups excluding carboxylic acids is 1. The number of carbonyl (C=O) groups is 1. The van der Waals surface area contributed by atoms with E-state index in [1.807, 2.05) is 0 Å². The molecule has 0 fully saturated rings. The van der Waals surface area contributed by atoms with Gasteiger partial charge in [-0.1, -0.05) is 0 Å². The molecule has 1 aliphatic rings. The number of aryl methyl sites for hydroxylation is 1. The molecule has 2 rings (SSSR count). The molecule has 0 aliphatic carbocycles. The van der Waals surface area contributed by atoms with Crippen LogP contribution in [0.15, 0.2) is 17.4 Å². The lowest BCUT2D eigenvalue weighted by molar-refractivity contribution is -0.164. The molecule has 1 amide bonds. The van der Waals surface area contributed by atoms with E-state index in [9.17, 15) is 27.5 Å². The zero-order valence-corrected chi connectivity index (χ0v) is 10.2. The number of hydrogen-bond donors (Lipinski definition) is 1. The van der Waals surface area contributed by atoms with Gasteiger partial charge >= 0.3 is 0 Å². The average Bonchev–Trinajstić information content (AvgIpc) is 2.93. The Morgan fingerprint density at radius 1 is 1.45 bits per heavy atom. The largest absolute Gasteiger partial charge is 0.364 e. The Balaban J connectivity index is 2.37. The average molecular weight is 294 g/mol. The maximum atomic E-state index is 12.9. The van der Waals surface area contributed by atoms with Crippen LogP contribution in [0.5, 0.6) is 0 Å². The minimum atomic E-state index is -3.45. The summed E-state index contributed by atoms with van der Waals surface area (Å²) >= 11 is 0. The van der Waals surface area contributed by atoms with Crippen molar-refractivity contribution in [1.82, 2.24) is 14.8 Å². The summed E-state index contributed by atoms with van der Waals surface area (Å²) in [7, 11) is 1.48. The van der Waals surface area contributed by atoms with Gasteiger partial charge < -0.3 is 5.11 Å². The lowest BCUT2D eigenvalue weighted by Gasteiger charge is -2.29. The fourth-order valence-corrected chi connectivity index (χ4v) is 1.74. The number of hydrazone groups is 1. The second-order valence-corrected chi connectivity index (χ2v) is 4.24. The third-order valence-electron chi connectivity index (χ3n) is 2.76. The molecule has 0 unspecified atom stereocenters. The number of rotatable bonds is 3. The summed E-state index contributed by atoms with van der Waals surface area (Å²) in [5.41, 5.74) is -4.34. The minimum absolute atomic E-state index is 0.0263. The molecule has 0 spiro atoms. The van der Waals surface area contributed by atoms with Crippen LogP contribution in [-0.4, -0.2) is 50.1 Å². The van der Waals surface area contributed by atoms with E-state index in [4.69, 9.17) is 0 Å². The van der Waals surface area contributed by atoms with Crippen LogP contribution in [0.1, 0.15) is 16.9 Å². The second kappa shape index (κ2) is 4.85.